The van der Waals surface area contributed by atoms with E-state index in [-0.39, 0.29) is 37.0 Å². The number of halogens is 2. The first-order valence-electron chi connectivity index (χ1n) is 7.43. The Labute approximate surface area is 143 Å². The van der Waals surface area contributed by atoms with Crippen LogP contribution in [0, 0.1) is 6.92 Å². The van der Waals surface area contributed by atoms with E-state index in [0.29, 0.717) is 10.8 Å². The highest BCUT2D eigenvalue weighted by Gasteiger charge is 2.29. The molecule has 0 bridgehead atoms. The predicted molar refractivity (Wildman–Crippen MR) is 91.9 cm³/mol. The largest absolute Gasteiger partial charge is 0.483 e. The zero-order valence-corrected chi connectivity index (χ0v) is 14.6. The molecule has 2 atom stereocenters. The van der Waals surface area contributed by atoms with E-state index in [0.717, 1.165) is 31.4 Å². The number of nitrogens with zero attached hydrogens (tertiary/aromatic N) is 1. The number of nitrogens with two attached hydrogens (primary N) is 1. The number of piperidine rings is 1. The number of hydrogen-bond donors (Lipinski definition) is 1. The number of carbonyl (C=O) groups excluding carboxylic acids is 1. The Morgan fingerprint density at radius 3 is 2.86 bits per heavy atom. The van der Waals surface area contributed by atoms with Gasteiger partial charge in [-0.15, -0.1) is 12.4 Å². The molecule has 1 aromatic carbocycles. The normalized spacial score (nSPS) is 19.3. The van der Waals surface area contributed by atoms with Gasteiger partial charge < -0.3 is 15.4 Å². The number of rotatable bonds is 4. The standard InChI is InChI=1S/C16H23ClN2O2.ClH/c1-11-9-13(17)6-7-15(11)21-10-16(20)19-8-4-3-5-14(19)12(2)18;/h6-7,9,12,14H,3-5,8,10,18H2,1-2H3;1H. The van der Waals surface area contributed by atoms with Crippen molar-refractivity contribution in [2.24, 2.45) is 5.73 Å². The molecule has 0 radical (unpaired) electrons. The van der Waals surface area contributed by atoms with Crippen LogP contribution < -0.4 is 10.5 Å². The molecule has 0 aromatic heterocycles. The van der Waals surface area contributed by atoms with Gasteiger partial charge in [0.15, 0.2) is 6.61 Å². The molecule has 1 saturated heterocycles. The highest BCUT2D eigenvalue weighted by Crippen LogP contribution is 2.23. The Hall–Kier alpha value is -0.970. The van der Waals surface area contributed by atoms with E-state index < -0.39 is 0 Å². The molecule has 6 heteroatoms. The van der Waals surface area contributed by atoms with Gasteiger partial charge in [-0.2, -0.15) is 0 Å². The number of benzene rings is 1. The van der Waals surface area contributed by atoms with Crippen LogP contribution in [0.4, 0.5) is 0 Å². The quantitative estimate of drug-likeness (QED) is 0.910. The topological polar surface area (TPSA) is 55.6 Å². The summed E-state index contributed by atoms with van der Waals surface area (Å²) < 4.78 is 5.64. The summed E-state index contributed by atoms with van der Waals surface area (Å²) in [5.41, 5.74) is 6.92. The molecule has 4 nitrogen and oxygen atoms in total. The second-order valence-electron chi connectivity index (χ2n) is 5.71. The van der Waals surface area contributed by atoms with E-state index in [1.165, 1.54) is 0 Å². The van der Waals surface area contributed by atoms with Gasteiger partial charge in [0.05, 0.1) is 0 Å². The van der Waals surface area contributed by atoms with Crippen LogP contribution >= 0.6 is 24.0 Å². The van der Waals surface area contributed by atoms with E-state index in [9.17, 15) is 4.79 Å². The van der Waals surface area contributed by atoms with Crippen molar-refractivity contribution in [2.75, 3.05) is 13.2 Å². The Morgan fingerprint density at radius 1 is 1.50 bits per heavy atom. The Balaban J connectivity index is 0.00000242. The van der Waals surface area contributed by atoms with Crippen LogP contribution in [0.3, 0.4) is 0 Å². The lowest BCUT2D eigenvalue weighted by Crippen LogP contribution is -2.52. The fraction of sp³-hybridized carbons (Fsp3) is 0.562. The van der Waals surface area contributed by atoms with E-state index in [4.69, 9.17) is 22.1 Å². The van der Waals surface area contributed by atoms with E-state index in [1.807, 2.05) is 24.8 Å². The summed E-state index contributed by atoms with van der Waals surface area (Å²) in [4.78, 5) is 14.3. The fourth-order valence-corrected chi connectivity index (χ4v) is 3.04. The maximum atomic E-state index is 12.4. The second kappa shape index (κ2) is 8.61. The van der Waals surface area contributed by atoms with Gasteiger partial charge >= 0.3 is 0 Å². The molecule has 0 spiro atoms. The molecular formula is C16H24Cl2N2O2. The minimum absolute atomic E-state index is 0. The monoisotopic (exact) mass is 346 g/mol. The maximum Gasteiger partial charge on any atom is 0.260 e. The van der Waals surface area contributed by atoms with Gasteiger partial charge in [-0.25, -0.2) is 0 Å². The third-order valence-corrected chi connectivity index (χ3v) is 4.20. The molecule has 2 rings (SSSR count). The summed E-state index contributed by atoms with van der Waals surface area (Å²) in [6.07, 6.45) is 3.14. The van der Waals surface area contributed by atoms with Crippen LogP contribution in [-0.4, -0.2) is 36.0 Å². The van der Waals surface area contributed by atoms with Crippen LogP contribution in [0.25, 0.3) is 0 Å². The van der Waals surface area contributed by atoms with Crippen molar-refractivity contribution in [1.29, 1.82) is 0 Å². The zero-order valence-electron chi connectivity index (χ0n) is 13.0. The van der Waals surface area contributed by atoms with Gasteiger partial charge in [0, 0.05) is 23.7 Å². The van der Waals surface area contributed by atoms with Crippen LogP contribution in [0.2, 0.25) is 5.02 Å². The predicted octanol–water partition coefficient (Wildman–Crippen LogP) is 3.18. The first-order chi connectivity index (χ1) is 9.99. The lowest BCUT2D eigenvalue weighted by Gasteiger charge is -2.38. The Morgan fingerprint density at radius 2 is 2.23 bits per heavy atom. The molecular weight excluding hydrogens is 323 g/mol. The highest BCUT2D eigenvalue weighted by molar-refractivity contribution is 6.30. The van der Waals surface area contributed by atoms with E-state index in [1.54, 1.807) is 12.1 Å². The van der Waals surface area contributed by atoms with Crippen LogP contribution in [0.15, 0.2) is 18.2 Å². The van der Waals surface area contributed by atoms with Crippen LogP contribution in [0.5, 0.6) is 5.75 Å². The smallest absolute Gasteiger partial charge is 0.260 e. The molecule has 0 aliphatic carbocycles. The van der Waals surface area contributed by atoms with Gasteiger partial charge in [-0.3, -0.25) is 4.79 Å². The number of aryl methyl sites for hydroxylation is 1. The minimum atomic E-state index is -0.00785. The number of amides is 1. The number of likely N-dealkylation sites (tertiary alicyclic amines) is 1. The van der Waals surface area contributed by atoms with E-state index in [2.05, 4.69) is 0 Å². The molecule has 2 unspecified atom stereocenters. The summed E-state index contributed by atoms with van der Waals surface area (Å²) in [5, 5.41) is 0.666. The van der Waals surface area contributed by atoms with Crippen molar-refractivity contribution >= 4 is 29.9 Å². The van der Waals surface area contributed by atoms with Crippen molar-refractivity contribution in [3.8, 4) is 5.75 Å². The molecule has 1 fully saturated rings. The van der Waals surface area contributed by atoms with Crippen molar-refractivity contribution in [1.82, 2.24) is 4.90 Å². The third-order valence-electron chi connectivity index (χ3n) is 3.96. The molecule has 1 aliphatic heterocycles. The zero-order chi connectivity index (χ0) is 15.4. The van der Waals surface area contributed by atoms with Crippen LogP contribution in [-0.2, 0) is 4.79 Å². The average Bonchev–Trinajstić information content (AvgIpc) is 2.46. The first-order valence-corrected chi connectivity index (χ1v) is 7.81. The second-order valence-corrected chi connectivity index (χ2v) is 6.14. The summed E-state index contributed by atoms with van der Waals surface area (Å²) in [7, 11) is 0. The molecule has 22 heavy (non-hydrogen) atoms. The Kier molecular flexibility index (Phi) is 7.46. The SMILES string of the molecule is Cc1cc(Cl)ccc1OCC(=O)N1CCCCC1C(C)N.Cl. The Bertz CT molecular complexity index is 509. The number of hydrogen-bond acceptors (Lipinski definition) is 3. The van der Waals surface area contributed by atoms with Crippen molar-refractivity contribution < 1.29 is 9.53 Å². The first kappa shape index (κ1) is 19.1. The summed E-state index contributed by atoms with van der Waals surface area (Å²) in [5.74, 6) is 0.702. The van der Waals surface area contributed by atoms with Crippen molar-refractivity contribution in [3.63, 3.8) is 0 Å². The highest BCUT2D eigenvalue weighted by atomic mass is 35.5. The van der Waals surface area contributed by atoms with Gasteiger partial charge in [-0.1, -0.05) is 11.6 Å². The maximum absolute atomic E-state index is 12.4. The van der Waals surface area contributed by atoms with Gasteiger partial charge in [0.25, 0.3) is 5.91 Å². The third kappa shape index (κ3) is 4.77. The van der Waals surface area contributed by atoms with Gasteiger partial charge in [0.2, 0.25) is 0 Å². The molecule has 0 saturated carbocycles. The van der Waals surface area contributed by atoms with Crippen LogP contribution in [0.1, 0.15) is 31.7 Å². The molecule has 1 heterocycles. The summed E-state index contributed by atoms with van der Waals surface area (Å²) >= 11 is 5.91. The lowest BCUT2D eigenvalue weighted by molar-refractivity contribution is -0.137. The minimum Gasteiger partial charge on any atom is -0.483 e. The molecule has 124 valence electrons. The van der Waals surface area contributed by atoms with Crippen molar-refractivity contribution in [3.05, 3.63) is 28.8 Å². The molecule has 2 N–H and O–H groups in total. The van der Waals surface area contributed by atoms with E-state index >= 15 is 0 Å². The average molecular weight is 347 g/mol. The van der Waals surface area contributed by atoms with Gasteiger partial charge in [-0.05, 0) is 56.9 Å². The summed E-state index contributed by atoms with van der Waals surface area (Å²) in [6, 6.07) is 5.50. The van der Waals surface area contributed by atoms with Gasteiger partial charge in [0.1, 0.15) is 5.75 Å². The molecule has 1 aromatic rings. The fourth-order valence-electron chi connectivity index (χ4n) is 2.81. The lowest BCUT2D eigenvalue weighted by atomic mass is 9.97. The molecule has 1 aliphatic rings. The summed E-state index contributed by atoms with van der Waals surface area (Å²) in [6.45, 7) is 4.69. The van der Waals surface area contributed by atoms with Crippen molar-refractivity contribution in [2.45, 2.75) is 45.2 Å². The molecule has 1 amide bonds. The number of ether oxygens (including phenoxy) is 1. The number of carbonyl (C=O) groups is 1.